The molecule has 2 aromatic rings. The second kappa shape index (κ2) is 8.79. The van der Waals surface area contributed by atoms with E-state index in [0.29, 0.717) is 18.8 Å². The van der Waals surface area contributed by atoms with Crippen LogP contribution in [0, 0.1) is 0 Å². The fraction of sp³-hybridized carbons (Fsp3) is 0.375. The summed E-state index contributed by atoms with van der Waals surface area (Å²) in [6.45, 7) is 1.72. The molecular weight excluding hydrogens is 294 g/mol. The molecule has 2 rings (SSSR count). The molecule has 122 valence electrons. The molecule has 0 saturated carbocycles. The van der Waals surface area contributed by atoms with Crippen LogP contribution in [-0.2, 0) is 11.2 Å². The van der Waals surface area contributed by atoms with E-state index in [4.69, 9.17) is 4.74 Å². The number of rotatable bonds is 8. The summed E-state index contributed by atoms with van der Waals surface area (Å²) < 4.78 is 4.88. The van der Waals surface area contributed by atoms with Crippen molar-refractivity contribution in [3.05, 3.63) is 47.9 Å². The van der Waals surface area contributed by atoms with E-state index in [1.165, 1.54) is 5.56 Å². The van der Waals surface area contributed by atoms with Crippen LogP contribution in [0.2, 0.25) is 0 Å². The van der Waals surface area contributed by atoms with E-state index in [9.17, 15) is 4.79 Å². The van der Waals surface area contributed by atoms with E-state index in [-0.39, 0.29) is 5.91 Å². The zero-order chi connectivity index (χ0) is 16.5. The van der Waals surface area contributed by atoms with Crippen molar-refractivity contribution in [2.45, 2.75) is 6.42 Å². The molecule has 0 spiro atoms. The Morgan fingerprint density at radius 3 is 2.65 bits per heavy atom. The monoisotopic (exact) mass is 315 g/mol. The topological polar surface area (TPSA) is 80.2 Å². The molecule has 0 aliphatic rings. The number of nitrogens with one attached hydrogen (secondary N) is 1. The molecule has 0 bridgehead atoms. The number of pyridine rings is 1. The molecule has 0 radical (unpaired) electrons. The first-order valence-corrected chi connectivity index (χ1v) is 7.41. The molecule has 2 aromatic heterocycles. The number of anilines is 1. The quantitative estimate of drug-likeness (QED) is 0.730. The molecule has 1 amide bonds. The van der Waals surface area contributed by atoms with Gasteiger partial charge in [0.2, 0.25) is 0 Å². The zero-order valence-electron chi connectivity index (χ0n) is 13.4. The van der Waals surface area contributed by atoms with Crippen LogP contribution in [0.3, 0.4) is 0 Å². The van der Waals surface area contributed by atoms with Crippen LogP contribution in [0.1, 0.15) is 16.1 Å². The fourth-order valence-corrected chi connectivity index (χ4v) is 1.97. The molecule has 1 N–H and O–H groups in total. The van der Waals surface area contributed by atoms with Crippen molar-refractivity contribution in [1.82, 2.24) is 20.5 Å². The normalized spacial score (nSPS) is 10.3. The van der Waals surface area contributed by atoms with Crippen molar-refractivity contribution in [3.63, 3.8) is 0 Å². The number of hydrogen-bond donors (Lipinski definition) is 1. The third-order valence-corrected chi connectivity index (χ3v) is 3.35. The van der Waals surface area contributed by atoms with Crippen LogP contribution in [0.15, 0.2) is 36.7 Å². The molecule has 0 unspecified atom stereocenters. The van der Waals surface area contributed by atoms with Crippen LogP contribution in [0.5, 0.6) is 0 Å². The summed E-state index contributed by atoms with van der Waals surface area (Å²) in [4.78, 5) is 17.8. The number of amides is 1. The lowest BCUT2D eigenvalue weighted by molar-refractivity contribution is 0.0931. The van der Waals surface area contributed by atoms with E-state index in [2.05, 4.69) is 20.5 Å². The van der Waals surface area contributed by atoms with E-state index in [1.54, 1.807) is 31.6 Å². The van der Waals surface area contributed by atoms with Gasteiger partial charge < -0.3 is 15.0 Å². The maximum absolute atomic E-state index is 11.8. The predicted molar refractivity (Wildman–Crippen MR) is 87.5 cm³/mol. The van der Waals surface area contributed by atoms with Gasteiger partial charge in [-0.05, 0) is 36.2 Å². The smallest absolute Gasteiger partial charge is 0.271 e. The second-order valence-corrected chi connectivity index (χ2v) is 5.05. The number of aromatic nitrogens is 3. The SMILES string of the molecule is COCCNC(=O)c1ccc(N(C)CCc2ccncc2)nn1. The Morgan fingerprint density at radius 1 is 1.22 bits per heavy atom. The molecule has 0 aliphatic carbocycles. The van der Waals surface area contributed by atoms with Gasteiger partial charge >= 0.3 is 0 Å². The maximum Gasteiger partial charge on any atom is 0.271 e. The molecular formula is C16H21N5O2. The highest BCUT2D eigenvalue weighted by Gasteiger charge is 2.09. The van der Waals surface area contributed by atoms with Gasteiger partial charge in [0.05, 0.1) is 6.61 Å². The van der Waals surface area contributed by atoms with Gasteiger partial charge in [0.25, 0.3) is 5.91 Å². The van der Waals surface area contributed by atoms with Crippen LogP contribution in [0.4, 0.5) is 5.82 Å². The van der Waals surface area contributed by atoms with Crippen molar-refractivity contribution >= 4 is 11.7 Å². The highest BCUT2D eigenvalue weighted by molar-refractivity contribution is 5.92. The minimum absolute atomic E-state index is 0.250. The van der Waals surface area contributed by atoms with Crippen LogP contribution in [0.25, 0.3) is 0 Å². The van der Waals surface area contributed by atoms with Gasteiger partial charge in [0.1, 0.15) is 0 Å². The lowest BCUT2D eigenvalue weighted by Crippen LogP contribution is -2.28. The van der Waals surface area contributed by atoms with Gasteiger partial charge in [-0.25, -0.2) is 0 Å². The zero-order valence-corrected chi connectivity index (χ0v) is 13.4. The molecule has 0 aromatic carbocycles. The number of carbonyl (C=O) groups is 1. The lowest BCUT2D eigenvalue weighted by Gasteiger charge is -2.17. The standard InChI is InChI=1S/C16H21N5O2/c1-21(11-7-13-5-8-17-9-6-13)15-4-3-14(19-20-15)16(22)18-10-12-23-2/h3-6,8-9H,7,10-12H2,1-2H3,(H,18,22). The van der Waals surface area contributed by atoms with E-state index in [1.807, 2.05) is 24.1 Å². The summed E-state index contributed by atoms with van der Waals surface area (Å²) in [5.41, 5.74) is 1.52. The molecule has 7 nitrogen and oxygen atoms in total. The van der Waals surface area contributed by atoms with Crippen molar-refractivity contribution in [3.8, 4) is 0 Å². The molecule has 0 saturated heterocycles. The molecule has 23 heavy (non-hydrogen) atoms. The maximum atomic E-state index is 11.8. The van der Waals surface area contributed by atoms with E-state index >= 15 is 0 Å². The summed E-state index contributed by atoms with van der Waals surface area (Å²) >= 11 is 0. The van der Waals surface area contributed by atoms with Gasteiger partial charge in [-0.2, -0.15) is 0 Å². The highest BCUT2D eigenvalue weighted by Crippen LogP contribution is 2.09. The number of methoxy groups -OCH3 is 1. The van der Waals surface area contributed by atoms with Gasteiger partial charge in [-0.1, -0.05) is 0 Å². The van der Waals surface area contributed by atoms with Crippen molar-refractivity contribution < 1.29 is 9.53 Å². The largest absolute Gasteiger partial charge is 0.383 e. The minimum atomic E-state index is -0.250. The summed E-state index contributed by atoms with van der Waals surface area (Å²) in [6.07, 6.45) is 4.46. The highest BCUT2D eigenvalue weighted by atomic mass is 16.5. The van der Waals surface area contributed by atoms with Crippen molar-refractivity contribution in [1.29, 1.82) is 0 Å². The molecule has 7 heteroatoms. The Labute approximate surface area is 135 Å². The van der Waals surface area contributed by atoms with E-state index < -0.39 is 0 Å². The van der Waals surface area contributed by atoms with Gasteiger partial charge in [0, 0.05) is 39.6 Å². The Morgan fingerprint density at radius 2 is 2.00 bits per heavy atom. The lowest BCUT2D eigenvalue weighted by atomic mass is 10.2. The summed E-state index contributed by atoms with van der Waals surface area (Å²) in [6, 6.07) is 7.46. The Bertz CT molecular complexity index is 604. The van der Waals surface area contributed by atoms with Crippen molar-refractivity contribution in [2.24, 2.45) is 0 Å². The average molecular weight is 315 g/mol. The predicted octanol–water partition coefficient (Wildman–Crippen LogP) is 0.927. The Hall–Kier alpha value is -2.54. The second-order valence-electron chi connectivity index (χ2n) is 5.05. The average Bonchev–Trinajstić information content (AvgIpc) is 2.61. The van der Waals surface area contributed by atoms with Crippen LogP contribution < -0.4 is 10.2 Å². The van der Waals surface area contributed by atoms with Crippen LogP contribution in [-0.4, -0.2) is 54.9 Å². The molecule has 0 aliphatic heterocycles. The van der Waals surface area contributed by atoms with E-state index in [0.717, 1.165) is 18.8 Å². The number of likely N-dealkylation sites (N-methyl/N-ethyl adjacent to an activating group) is 1. The first kappa shape index (κ1) is 16.8. The Kier molecular flexibility index (Phi) is 6.43. The summed E-state index contributed by atoms with van der Waals surface area (Å²) in [5.74, 6) is 0.480. The van der Waals surface area contributed by atoms with Gasteiger partial charge in [-0.3, -0.25) is 9.78 Å². The first-order valence-electron chi connectivity index (χ1n) is 7.41. The Balaban J connectivity index is 1.87. The fourth-order valence-electron chi connectivity index (χ4n) is 1.97. The number of hydrogen-bond acceptors (Lipinski definition) is 6. The summed E-state index contributed by atoms with van der Waals surface area (Å²) in [5, 5.41) is 10.8. The minimum Gasteiger partial charge on any atom is -0.383 e. The number of ether oxygens (including phenoxy) is 1. The van der Waals surface area contributed by atoms with Gasteiger partial charge in [0.15, 0.2) is 11.5 Å². The third-order valence-electron chi connectivity index (χ3n) is 3.35. The molecule has 2 heterocycles. The van der Waals surface area contributed by atoms with Crippen molar-refractivity contribution in [2.75, 3.05) is 38.8 Å². The number of carbonyl (C=O) groups excluding carboxylic acids is 1. The first-order chi connectivity index (χ1) is 11.2. The molecule has 0 atom stereocenters. The molecule has 0 fully saturated rings. The van der Waals surface area contributed by atoms with Crippen LogP contribution >= 0.6 is 0 Å². The summed E-state index contributed by atoms with van der Waals surface area (Å²) in [7, 11) is 3.53. The number of nitrogens with zero attached hydrogens (tertiary/aromatic N) is 4. The van der Waals surface area contributed by atoms with Gasteiger partial charge in [-0.15, -0.1) is 10.2 Å². The third kappa shape index (κ3) is 5.30.